The van der Waals surface area contributed by atoms with Crippen LogP contribution in [0.3, 0.4) is 0 Å². The van der Waals surface area contributed by atoms with Crippen LogP contribution >= 0.6 is 15.9 Å². The highest BCUT2D eigenvalue weighted by Crippen LogP contribution is 2.17. The van der Waals surface area contributed by atoms with E-state index in [4.69, 9.17) is 10.2 Å². The number of rotatable bonds is 3. The molecule has 2 aromatic heterocycles. The summed E-state index contributed by atoms with van der Waals surface area (Å²) < 4.78 is 5.99. The van der Waals surface area contributed by atoms with Gasteiger partial charge in [-0.25, -0.2) is 4.98 Å². The number of hydrogen-bond acceptors (Lipinski definition) is 4. The lowest BCUT2D eigenvalue weighted by atomic mass is 10.3. The maximum Gasteiger partial charge on any atom is 0.291 e. The molecule has 0 aliphatic carbocycles. The molecule has 0 aliphatic heterocycles. The number of nitrogens with zero attached hydrogens (tertiary/aromatic N) is 1. The maximum absolute atomic E-state index is 11.9. The summed E-state index contributed by atoms with van der Waals surface area (Å²) >= 11 is 3.26. The molecule has 0 aliphatic rings. The second-order valence-corrected chi connectivity index (χ2v) is 4.50. The number of furan rings is 1. The Labute approximate surface area is 113 Å². The van der Waals surface area contributed by atoms with Gasteiger partial charge in [0.05, 0.1) is 17.9 Å². The predicted molar refractivity (Wildman–Crippen MR) is 71.2 cm³/mol. The molecule has 0 atom stereocenters. The highest BCUT2D eigenvalue weighted by molar-refractivity contribution is 9.10. The molecule has 2 rings (SSSR count). The standard InChI is InChI=1S/C12H12BrN3O2/c1-7-9(3-5-11(13)15-7)16-12(17)10-4-2-8(6-14)18-10/h2-5H,6,14H2,1H3,(H,16,17). The van der Waals surface area contributed by atoms with E-state index < -0.39 is 0 Å². The first-order valence-corrected chi connectivity index (χ1v) is 6.12. The van der Waals surface area contributed by atoms with Gasteiger partial charge in [0, 0.05) is 0 Å². The second kappa shape index (κ2) is 5.32. The van der Waals surface area contributed by atoms with E-state index in [1.807, 2.05) is 6.92 Å². The number of carbonyl (C=O) groups excluding carboxylic acids is 1. The van der Waals surface area contributed by atoms with Gasteiger partial charge in [0.25, 0.3) is 5.91 Å². The first kappa shape index (κ1) is 12.8. The Morgan fingerprint density at radius 3 is 2.83 bits per heavy atom. The third kappa shape index (κ3) is 2.77. The van der Waals surface area contributed by atoms with E-state index >= 15 is 0 Å². The third-order valence-electron chi connectivity index (χ3n) is 2.39. The molecule has 0 radical (unpaired) electrons. The summed E-state index contributed by atoms with van der Waals surface area (Å²) in [4.78, 5) is 16.1. The minimum Gasteiger partial charge on any atom is -0.455 e. The molecular formula is C12H12BrN3O2. The van der Waals surface area contributed by atoms with Crippen LogP contribution in [0.5, 0.6) is 0 Å². The highest BCUT2D eigenvalue weighted by Gasteiger charge is 2.12. The summed E-state index contributed by atoms with van der Waals surface area (Å²) in [7, 11) is 0. The molecule has 5 nitrogen and oxygen atoms in total. The van der Waals surface area contributed by atoms with E-state index in [-0.39, 0.29) is 18.2 Å². The first-order valence-electron chi connectivity index (χ1n) is 5.33. The number of hydrogen-bond donors (Lipinski definition) is 2. The van der Waals surface area contributed by atoms with Crippen LogP contribution in [0.25, 0.3) is 0 Å². The van der Waals surface area contributed by atoms with E-state index in [0.717, 1.165) is 10.3 Å². The lowest BCUT2D eigenvalue weighted by molar-refractivity contribution is 0.0995. The Morgan fingerprint density at radius 1 is 1.44 bits per heavy atom. The molecule has 2 aromatic rings. The normalized spacial score (nSPS) is 10.4. The SMILES string of the molecule is Cc1nc(Br)ccc1NC(=O)c1ccc(CN)o1. The molecular weight excluding hydrogens is 298 g/mol. The number of amides is 1. The van der Waals surface area contributed by atoms with E-state index in [0.29, 0.717) is 11.4 Å². The number of aromatic nitrogens is 1. The van der Waals surface area contributed by atoms with Gasteiger partial charge in [-0.3, -0.25) is 4.79 Å². The largest absolute Gasteiger partial charge is 0.455 e. The maximum atomic E-state index is 11.9. The van der Waals surface area contributed by atoms with Gasteiger partial charge in [-0.05, 0) is 47.1 Å². The Balaban J connectivity index is 2.16. The molecule has 0 fully saturated rings. The number of halogens is 1. The lowest BCUT2D eigenvalue weighted by Crippen LogP contribution is -2.12. The van der Waals surface area contributed by atoms with Crippen LogP contribution < -0.4 is 11.1 Å². The molecule has 6 heteroatoms. The van der Waals surface area contributed by atoms with Crippen molar-refractivity contribution in [2.75, 3.05) is 5.32 Å². The van der Waals surface area contributed by atoms with E-state index in [2.05, 4.69) is 26.2 Å². The zero-order valence-corrected chi connectivity index (χ0v) is 11.3. The van der Waals surface area contributed by atoms with E-state index in [1.165, 1.54) is 0 Å². The molecule has 94 valence electrons. The van der Waals surface area contributed by atoms with Crippen LogP contribution in [-0.4, -0.2) is 10.9 Å². The number of carbonyl (C=O) groups is 1. The highest BCUT2D eigenvalue weighted by atomic mass is 79.9. The number of nitrogens with two attached hydrogens (primary N) is 1. The molecule has 3 N–H and O–H groups in total. The zero-order chi connectivity index (χ0) is 13.1. The Hall–Kier alpha value is -1.66. The van der Waals surface area contributed by atoms with Crippen molar-refractivity contribution in [3.8, 4) is 0 Å². The quantitative estimate of drug-likeness (QED) is 0.853. The van der Waals surface area contributed by atoms with Gasteiger partial charge in [0.1, 0.15) is 10.4 Å². The molecule has 1 amide bonds. The second-order valence-electron chi connectivity index (χ2n) is 3.69. The van der Waals surface area contributed by atoms with Crippen molar-refractivity contribution in [3.05, 3.63) is 46.1 Å². The van der Waals surface area contributed by atoms with E-state index in [1.54, 1.807) is 24.3 Å². The van der Waals surface area contributed by atoms with Gasteiger partial charge >= 0.3 is 0 Å². The number of anilines is 1. The fraction of sp³-hybridized carbons (Fsp3) is 0.167. The van der Waals surface area contributed by atoms with Crippen LogP contribution in [0.2, 0.25) is 0 Å². The summed E-state index contributed by atoms with van der Waals surface area (Å²) in [5.41, 5.74) is 6.79. The van der Waals surface area contributed by atoms with Crippen molar-refractivity contribution in [1.82, 2.24) is 4.98 Å². The molecule has 0 bridgehead atoms. The van der Waals surface area contributed by atoms with Crippen LogP contribution in [0.15, 0.2) is 33.3 Å². The smallest absolute Gasteiger partial charge is 0.291 e. The molecule has 0 unspecified atom stereocenters. The molecule has 0 spiro atoms. The van der Waals surface area contributed by atoms with Crippen LogP contribution in [0.1, 0.15) is 22.0 Å². The zero-order valence-electron chi connectivity index (χ0n) is 9.74. The molecule has 2 heterocycles. The number of nitrogens with one attached hydrogen (secondary N) is 1. The van der Waals surface area contributed by atoms with Crippen molar-refractivity contribution in [2.24, 2.45) is 5.73 Å². The summed E-state index contributed by atoms with van der Waals surface area (Å²) in [6.45, 7) is 2.08. The third-order valence-corrected chi connectivity index (χ3v) is 2.83. The average molecular weight is 310 g/mol. The molecule has 0 saturated heterocycles. The Morgan fingerprint density at radius 2 is 2.22 bits per heavy atom. The van der Waals surface area contributed by atoms with Crippen molar-refractivity contribution in [3.63, 3.8) is 0 Å². The van der Waals surface area contributed by atoms with Crippen molar-refractivity contribution >= 4 is 27.5 Å². The minimum absolute atomic E-state index is 0.234. The van der Waals surface area contributed by atoms with Crippen molar-refractivity contribution in [2.45, 2.75) is 13.5 Å². The Bertz CT molecular complexity index is 580. The van der Waals surface area contributed by atoms with Crippen LogP contribution in [0.4, 0.5) is 5.69 Å². The lowest BCUT2D eigenvalue weighted by Gasteiger charge is -2.06. The fourth-order valence-corrected chi connectivity index (χ4v) is 1.85. The van der Waals surface area contributed by atoms with Gasteiger partial charge in [0.2, 0.25) is 0 Å². The Kier molecular flexibility index (Phi) is 3.78. The molecule has 0 aromatic carbocycles. The minimum atomic E-state index is -0.318. The fourth-order valence-electron chi connectivity index (χ4n) is 1.46. The van der Waals surface area contributed by atoms with Gasteiger partial charge in [0.15, 0.2) is 5.76 Å². The van der Waals surface area contributed by atoms with Gasteiger partial charge in [-0.15, -0.1) is 0 Å². The summed E-state index contributed by atoms with van der Waals surface area (Å²) in [6, 6.07) is 6.81. The van der Waals surface area contributed by atoms with Crippen molar-refractivity contribution in [1.29, 1.82) is 0 Å². The summed E-state index contributed by atoms with van der Waals surface area (Å²) in [5, 5.41) is 2.73. The van der Waals surface area contributed by atoms with Gasteiger partial charge in [-0.2, -0.15) is 0 Å². The van der Waals surface area contributed by atoms with Crippen LogP contribution in [-0.2, 0) is 6.54 Å². The molecule has 0 saturated carbocycles. The van der Waals surface area contributed by atoms with Gasteiger partial charge in [-0.1, -0.05) is 0 Å². The number of aryl methyl sites for hydroxylation is 1. The van der Waals surface area contributed by atoms with E-state index in [9.17, 15) is 4.79 Å². The van der Waals surface area contributed by atoms with Crippen LogP contribution in [0, 0.1) is 6.92 Å². The van der Waals surface area contributed by atoms with Crippen molar-refractivity contribution < 1.29 is 9.21 Å². The monoisotopic (exact) mass is 309 g/mol. The summed E-state index contributed by atoms with van der Waals surface area (Å²) in [6.07, 6.45) is 0. The average Bonchev–Trinajstić information content (AvgIpc) is 2.81. The first-order chi connectivity index (χ1) is 8.60. The number of pyridine rings is 1. The van der Waals surface area contributed by atoms with Gasteiger partial charge < -0.3 is 15.5 Å². The summed E-state index contributed by atoms with van der Waals surface area (Å²) in [5.74, 6) is 0.491. The predicted octanol–water partition coefficient (Wildman–Crippen LogP) is 2.46. The molecule has 18 heavy (non-hydrogen) atoms. The topological polar surface area (TPSA) is 81.2 Å².